The van der Waals surface area contributed by atoms with Gasteiger partial charge in [-0.1, -0.05) is 71.8 Å². The molecule has 0 aromatic heterocycles. The van der Waals surface area contributed by atoms with Crippen molar-refractivity contribution in [2.75, 3.05) is 6.61 Å². The fourth-order valence-corrected chi connectivity index (χ4v) is 2.85. The lowest BCUT2D eigenvalue weighted by Crippen LogP contribution is -2.28. The van der Waals surface area contributed by atoms with Crippen LogP contribution < -0.4 is 5.32 Å². The van der Waals surface area contributed by atoms with Crippen molar-refractivity contribution in [1.82, 2.24) is 5.32 Å². The van der Waals surface area contributed by atoms with Crippen LogP contribution in [-0.2, 0) is 16.1 Å². The van der Waals surface area contributed by atoms with Crippen LogP contribution in [0.1, 0.15) is 21.5 Å². The highest BCUT2D eigenvalue weighted by Crippen LogP contribution is 2.20. The number of esters is 1. The third kappa shape index (κ3) is 5.21. The van der Waals surface area contributed by atoms with Gasteiger partial charge in [0.05, 0.1) is 5.56 Å². The summed E-state index contributed by atoms with van der Waals surface area (Å²) in [5.41, 5.74) is 4.47. The lowest BCUT2D eigenvalue weighted by molar-refractivity contribution is -0.124. The monoisotopic (exact) mass is 393 g/mol. The third-order valence-corrected chi connectivity index (χ3v) is 4.64. The first-order valence-corrected chi connectivity index (χ1v) is 9.25. The van der Waals surface area contributed by atoms with Crippen LogP contribution in [0, 0.1) is 6.92 Å². The first-order valence-electron chi connectivity index (χ1n) is 8.87. The quantitative estimate of drug-likeness (QED) is 0.612. The number of benzene rings is 3. The topological polar surface area (TPSA) is 55.4 Å². The second-order valence-electron chi connectivity index (χ2n) is 6.39. The molecule has 0 radical (unpaired) electrons. The fourth-order valence-electron chi connectivity index (χ4n) is 2.65. The summed E-state index contributed by atoms with van der Waals surface area (Å²) in [5.74, 6) is -0.923. The number of nitrogens with one attached hydrogen (secondary N) is 1. The van der Waals surface area contributed by atoms with E-state index in [2.05, 4.69) is 5.32 Å². The number of carbonyl (C=O) groups excluding carboxylic acids is 2. The predicted octanol–water partition coefficient (Wildman–Crippen LogP) is 4.79. The van der Waals surface area contributed by atoms with Crippen molar-refractivity contribution in [3.63, 3.8) is 0 Å². The number of hydrogen-bond acceptors (Lipinski definition) is 3. The highest BCUT2D eigenvalue weighted by molar-refractivity contribution is 6.31. The average Bonchev–Trinajstić information content (AvgIpc) is 2.72. The van der Waals surface area contributed by atoms with Gasteiger partial charge in [0.15, 0.2) is 6.61 Å². The van der Waals surface area contributed by atoms with Gasteiger partial charge in [-0.25, -0.2) is 4.79 Å². The van der Waals surface area contributed by atoms with Gasteiger partial charge in [0.25, 0.3) is 5.91 Å². The molecule has 0 atom stereocenters. The molecule has 142 valence electrons. The Balaban J connectivity index is 1.51. The number of carbonyl (C=O) groups is 2. The number of rotatable bonds is 6. The van der Waals surface area contributed by atoms with Crippen LogP contribution in [0.5, 0.6) is 0 Å². The summed E-state index contributed by atoms with van der Waals surface area (Å²) in [6.07, 6.45) is 0. The molecule has 0 unspecified atom stereocenters. The van der Waals surface area contributed by atoms with Crippen molar-refractivity contribution in [1.29, 1.82) is 0 Å². The van der Waals surface area contributed by atoms with Gasteiger partial charge >= 0.3 is 5.97 Å². The summed E-state index contributed by atoms with van der Waals surface area (Å²) >= 11 is 6.04. The first-order chi connectivity index (χ1) is 13.5. The number of ether oxygens (including phenoxy) is 1. The maximum atomic E-state index is 12.1. The highest BCUT2D eigenvalue weighted by Gasteiger charge is 2.11. The van der Waals surface area contributed by atoms with Crippen LogP contribution in [0.4, 0.5) is 0 Å². The first kappa shape index (κ1) is 19.6. The minimum atomic E-state index is -0.539. The second-order valence-corrected chi connectivity index (χ2v) is 6.79. The number of amides is 1. The molecule has 0 aliphatic rings. The SMILES string of the molecule is Cc1ccc(-c2ccc(C(=O)OCC(=O)NCc3ccccc3Cl)cc2)cc1. The molecular formula is C23H20ClNO3. The van der Waals surface area contributed by atoms with Crippen LogP contribution in [0.25, 0.3) is 11.1 Å². The van der Waals surface area contributed by atoms with E-state index in [1.54, 1.807) is 18.2 Å². The molecule has 4 nitrogen and oxygen atoms in total. The molecular weight excluding hydrogens is 374 g/mol. The van der Waals surface area contributed by atoms with Crippen LogP contribution in [0.15, 0.2) is 72.8 Å². The predicted molar refractivity (Wildman–Crippen MR) is 110 cm³/mol. The number of halogens is 1. The summed E-state index contributed by atoms with van der Waals surface area (Å²) in [6, 6.07) is 22.5. The summed E-state index contributed by atoms with van der Waals surface area (Å²) in [4.78, 5) is 24.0. The van der Waals surface area contributed by atoms with Crippen LogP contribution in [0.2, 0.25) is 5.02 Å². The lowest BCUT2D eigenvalue weighted by Gasteiger charge is -2.08. The van der Waals surface area contributed by atoms with Crippen LogP contribution >= 0.6 is 11.6 Å². The van der Waals surface area contributed by atoms with Gasteiger partial charge in [0.1, 0.15) is 0 Å². The van der Waals surface area contributed by atoms with Gasteiger partial charge < -0.3 is 10.1 Å². The normalized spacial score (nSPS) is 10.4. The van der Waals surface area contributed by atoms with Gasteiger partial charge in [-0.3, -0.25) is 4.79 Å². The second kappa shape index (κ2) is 9.20. The van der Waals surface area contributed by atoms with Crippen molar-refractivity contribution in [2.45, 2.75) is 13.5 Å². The Morgan fingerprint density at radius 3 is 2.14 bits per heavy atom. The zero-order valence-corrected chi connectivity index (χ0v) is 16.2. The van der Waals surface area contributed by atoms with Crippen molar-refractivity contribution < 1.29 is 14.3 Å². The fraction of sp³-hybridized carbons (Fsp3) is 0.130. The van der Waals surface area contributed by atoms with Crippen molar-refractivity contribution in [2.24, 2.45) is 0 Å². The summed E-state index contributed by atoms with van der Waals surface area (Å²) in [7, 11) is 0. The van der Waals surface area contributed by atoms with E-state index in [9.17, 15) is 9.59 Å². The number of aryl methyl sites for hydroxylation is 1. The Labute approximate surface area is 169 Å². The Morgan fingerprint density at radius 2 is 1.50 bits per heavy atom. The van der Waals surface area contributed by atoms with Crippen LogP contribution in [-0.4, -0.2) is 18.5 Å². The summed E-state index contributed by atoms with van der Waals surface area (Å²) < 4.78 is 5.09. The molecule has 28 heavy (non-hydrogen) atoms. The zero-order valence-electron chi connectivity index (χ0n) is 15.4. The molecule has 0 saturated carbocycles. The molecule has 0 aliphatic heterocycles. The molecule has 3 aromatic rings. The van der Waals surface area contributed by atoms with Gasteiger partial charge in [0, 0.05) is 11.6 Å². The Hall–Kier alpha value is -3.11. The maximum Gasteiger partial charge on any atom is 0.338 e. The zero-order chi connectivity index (χ0) is 19.9. The smallest absolute Gasteiger partial charge is 0.338 e. The average molecular weight is 394 g/mol. The molecule has 0 saturated heterocycles. The maximum absolute atomic E-state index is 12.1. The molecule has 5 heteroatoms. The molecule has 0 heterocycles. The van der Waals surface area contributed by atoms with E-state index in [0.29, 0.717) is 10.6 Å². The van der Waals surface area contributed by atoms with Crippen molar-refractivity contribution in [3.05, 3.63) is 94.5 Å². The Bertz CT molecular complexity index is 966. The van der Waals surface area contributed by atoms with Gasteiger partial charge in [0.2, 0.25) is 0 Å². The minimum Gasteiger partial charge on any atom is -0.452 e. The minimum absolute atomic E-state index is 0.279. The van der Waals surface area contributed by atoms with E-state index >= 15 is 0 Å². The highest BCUT2D eigenvalue weighted by atomic mass is 35.5. The molecule has 1 amide bonds. The molecule has 1 N–H and O–H groups in total. The number of hydrogen-bond donors (Lipinski definition) is 1. The van der Waals surface area contributed by atoms with E-state index in [-0.39, 0.29) is 19.1 Å². The van der Waals surface area contributed by atoms with Gasteiger partial charge in [-0.15, -0.1) is 0 Å². The molecule has 3 aromatic carbocycles. The molecule has 0 spiro atoms. The Kier molecular flexibility index (Phi) is 6.45. The standard InChI is InChI=1S/C23H20ClNO3/c1-16-6-8-17(9-7-16)18-10-12-19(13-11-18)23(27)28-15-22(26)25-14-20-4-2-3-5-21(20)24/h2-13H,14-15H2,1H3,(H,25,26). The Morgan fingerprint density at radius 1 is 0.893 bits per heavy atom. The summed E-state index contributed by atoms with van der Waals surface area (Å²) in [6.45, 7) is 1.97. The van der Waals surface area contributed by atoms with E-state index in [1.807, 2.05) is 61.5 Å². The summed E-state index contributed by atoms with van der Waals surface area (Å²) in [5, 5.41) is 3.26. The molecule has 0 fully saturated rings. The van der Waals surface area contributed by atoms with Crippen LogP contribution in [0.3, 0.4) is 0 Å². The largest absolute Gasteiger partial charge is 0.452 e. The van der Waals surface area contributed by atoms with E-state index in [4.69, 9.17) is 16.3 Å². The molecule has 3 rings (SSSR count). The lowest BCUT2D eigenvalue weighted by atomic mass is 10.0. The molecule has 0 bridgehead atoms. The van der Waals surface area contributed by atoms with Gasteiger partial charge in [-0.2, -0.15) is 0 Å². The van der Waals surface area contributed by atoms with E-state index in [1.165, 1.54) is 5.56 Å². The van der Waals surface area contributed by atoms with E-state index in [0.717, 1.165) is 16.7 Å². The van der Waals surface area contributed by atoms with Crippen molar-refractivity contribution >= 4 is 23.5 Å². The van der Waals surface area contributed by atoms with E-state index < -0.39 is 5.97 Å². The van der Waals surface area contributed by atoms with Gasteiger partial charge in [-0.05, 0) is 41.8 Å². The van der Waals surface area contributed by atoms with Crippen molar-refractivity contribution in [3.8, 4) is 11.1 Å². The third-order valence-electron chi connectivity index (χ3n) is 4.27. The molecule has 0 aliphatic carbocycles.